The Bertz CT molecular complexity index is 752. The lowest BCUT2D eigenvalue weighted by Crippen LogP contribution is -1.87. The van der Waals surface area contributed by atoms with E-state index >= 15 is 0 Å². The predicted octanol–water partition coefficient (Wildman–Crippen LogP) is 3.90. The van der Waals surface area contributed by atoms with Crippen molar-refractivity contribution >= 4 is 28.3 Å². The van der Waals surface area contributed by atoms with Crippen LogP contribution in [0, 0.1) is 6.92 Å². The smallest absolute Gasteiger partial charge is 0.300 e. The molecule has 2 aromatic carbocycles. The fourth-order valence-corrected chi connectivity index (χ4v) is 2.00. The molecule has 3 rings (SSSR count). The molecule has 0 bridgehead atoms. The number of nitrogens with one attached hydrogen (secondary N) is 1. The Kier molecular flexibility index (Phi) is 2.80. The van der Waals surface area contributed by atoms with Gasteiger partial charge in [-0.15, -0.1) is 0 Å². The molecule has 0 aliphatic rings. The lowest BCUT2D eigenvalue weighted by Gasteiger charge is -2.04. The third-order valence-electron chi connectivity index (χ3n) is 2.78. The van der Waals surface area contributed by atoms with Gasteiger partial charge in [0.2, 0.25) is 0 Å². The number of H-pyrrole nitrogens is 1. The van der Waals surface area contributed by atoms with Gasteiger partial charge in [-0.25, -0.2) is 0 Å². The molecule has 0 spiro atoms. The van der Waals surface area contributed by atoms with Crippen molar-refractivity contribution in [2.24, 2.45) is 0 Å². The Morgan fingerprint density at radius 2 is 2.05 bits per heavy atom. The van der Waals surface area contributed by atoms with Gasteiger partial charge in [-0.1, -0.05) is 17.7 Å². The first-order chi connectivity index (χ1) is 9.11. The topological polar surface area (TPSA) is 63.9 Å². The van der Waals surface area contributed by atoms with Crippen molar-refractivity contribution in [2.75, 3.05) is 5.73 Å². The van der Waals surface area contributed by atoms with Crippen molar-refractivity contribution in [3.8, 4) is 11.8 Å². The van der Waals surface area contributed by atoms with Crippen molar-refractivity contribution in [1.29, 1.82) is 0 Å². The van der Waals surface area contributed by atoms with Crippen LogP contribution in [-0.4, -0.2) is 9.97 Å². The minimum atomic E-state index is 0.396. The summed E-state index contributed by atoms with van der Waals surface area (Å²) in [6.07, 6.45) is 0. The number of imidazole rings is 1. The summed E-state index contributed by atoms with van der Waals surface area (Å²) in [4.78, 5) is 7.39. The number of fused-ring (bicyclic) bond motifs is 1. The molecule has 3 aromatic rings. The van der Waals surface area contributed by atoms with Crippen LogP contribution in [0.2, 0.25) is 5.02 Å². The van der Waals surface area contributed by atoms with Crippen LogP contribution >= 0.6 is 11.6 Å². The minimum absolute atomic E-state index is 0.396. The summed E-state index contributed by atoms with van der Waals surface area (Å²) in [6, 6.07) is 11.4. The van der Waals surface area contributed by atoms with E-state index in [9.17, 15) is 0 Å². The molecule has 0 aliphatic carbocycles. The summed E-state index contributed by atoms with van der Waals surface area (Å²) in [5.41, 5.74) is 9.10. The summed E-state index contributed by atoms with van der Waals surface area (Å²) in [7, 11) is 0. The number of hydrogen-bond donors (Lipinski definition) is 2. The van der Waals surface area contributed by atoms with Crippen LogP contribution in [-0.2, 0) is 0 Å². The number of ether oxygens (including phenoxy) is 1. The molecule has 0 saturated carbocycles. The average molecular weight is 274 g/mol. The molecule has 5 heteroatoms. The maximum atomic E-state index is 6.08. The number of aromatic nitrogens is 2. The number of hydrogen-bond acceptors (Lipinski definition) is 3. The van der Waals surface area contributed by atoms with Gasteiger partial charge >= 0.3 is 0 Å². The van der Waals surface area contributed by atoms with Crippen molar-refractivity contribution in [3.05, 3.63) is 47.0 Å². The Morgan fingerprint density at radius 3 is 2.89 bits per heavy atom. The van der Waals surface area contributed by atoms with E-state index < -0.39 is 0 Å². The highest BCUT2D eigenvalue weighted by Gasteiger charge is 2.08. The quantitative estimate of drug-likeness (QED) is 0.696. The highest BCUT2D eigenvalue weighted by molar-refractivity contribution is 6.32. The maximum absolute atomic E-state index is 6.08. The molecule has 0 fully saturated rings. The molecule has 4 nitrogen and oxygen atoms in total. The van der Waals surface area contributed by atoms with E-state index in [1.54, 1.807) is 12.1 Å². The molecular formula is C14H12ClN3O. The Hall–Kier alpha value is -2.20. The molecular weight excluding hydrogens is 262 g/mol. The second kappa shape index (κ2) is 4.48. The van der Waals surface area contributed by atoms with E-state index in [2.05, 4.69) is 9.97 Å². The number of aryl methyl sites for hydroxylation is 1. The minimum Gasteiger partial charge on any atom is -0.424 e. The van der Waals surface area contributed by atoms with Crippen LogP contribution < -0.4 is 10.5 Å². The van der Waals surface area contributed by atoms with Crippen molar-refractivity contribution < 1.29 is 4.74 Å². The maximum Gasteiger partial charge on any atom is 0.300 e. The molecule has 0 radical (unpaired) electrons. The first-order valence-corrected chi connectivity index (χ1v) is 6.19. The number of halogens is 1. The molecule has 0 atom stereocenters. The molecule has 19 heavy (non-hydrogen) atoms. The third kappa shape index (κ3) is 2.35. The molecule has 1 heterocycles. The number of anilines is 1. The zero-order chi connectivity index (χ0) is 13.4. The molecule has 3 N–H and O–H groups in total. The third-order valence-corrected chi connectivity index (χ3v) is 3.09. The van der Waals surface area contributed by atoms with Crippen molar-refractivity contribution in [1.82, 2.24) is 9.97 Å². The van der Waals surface area contributed by atoms with E-state index in [1.165, 1.54) is 0 Å². The van der Waals surface area contributed by atoms with Gasteiger partial charge in [0.15, 0.2) is 0 Å². The van der Waals surface area contributed by atoms with Crippen LogP contribution in [0.4, 0.5) is 5.69 Å². The monoisotopic (exact) mass is 273 g/mol. The second-order valence-electron chi connectivity index (χ2n) is 4.35. The molecule has 0 saturated heterocycles. The largest absolute Gasteiger partial charge is 0.424 e. The SMILES string of the molecule is Cc1ccc(Cl)c(Oc2nc3ccc(N)cc3[nH]2)c1. The lowest BCUT2D eigenvalue weighted by atomic mass is 10.2. The summed E-state index contributed by atoms with van der Waals surface area (Å²) >= 11 is 6.08. The van der Waals surface area contributed by atoms with Gasteiger partial charge in [-0.2, -0.15) is 4.98 Å². The van der Waals surface area contributed by atoms with Gasteiger partial charge in [0.1, 0.15) is 5.75 Å². The number of benzene rings is 2. The van der Waals surface area contributed by atoms with Gasteiger partial charge in [-0.3, -0.25) is 0 Å². The van der Waals surface area contributed by atoms with Crippen molar-refractivity contribution in [2.45, 2.75) is 6.92 Å². The fourth-order valence-electron chi connectivity index (χ4n) is 1.85. The van der Waals surface area contributed by atoms with E-state index in [1.807, 2.05) is 31.2 Å². The lowest BCUT2D eigenvalue weighted by molar-refractivity contribution is 0.449. The van der Waals surface area contributed by atoms with Crippen LogP contribution in [0.15, 0.2) is 36.4 Å². The number of nitrogens with two attached hydrogens (primary N) is 1. The average Bonchev–Trinajstić information content (AvgIpc) is 2.75. The Balaban J connectivity index is 1.98. The molecule has 0 unspecified atom stereocenters. The van der Waals surface area contributed by atoms with E-state index in [4.69, 9.17) is 22.1 Å². The molecule has 0 aliphatic heterocycles. The van der Waals surface area contributed by atoms with Gasteiger partial charge in [0.05, 0.1) is 16.1 Å². The summed E-state index contributed by atoms with van der Waals surface area (Å²) < 4.78 is 5.68. The van der Waals surface area contributed by atoms with E-state index in [0.29, 0.717) is 22.5 Å². The van der Waals surface area contributed by atoms with Gasteiger partial charge in [0.25, 0.3) is 6.01 Å². The molecule has 1 aromatic heterocycles. The fraction of sp³-hybridized carbons (Fsp3) is 0.0714. The Morgan fingerprint density at radius 1 is 1.21 bits per heavy atom. The number of rotatable bonds is 2. The number of nitrogen functional groups attached to an aromatic ring is 1. The predicted molar refractivity (Wildman–Crippen MR) is 76.8 cm³/mol. The van der Waals surface area contributed by atoms with Gasteiger partial charge < -0.3 is 15.5 Å². The molecule has 0 amide bonds. The summed E-state index contributed by atoms with van der Waals surface area (Å²) in [5, 5.41) is 0.547. The first-order valence-electron chi connectivity index (χ1n) is 5.81. The number of aromatic amines is 1. The summed E-state index contributed by atoms with van der Waals surface area (Å²) in [5.74, 6) is 0.577. The zero-order valence-corrected chi connectivity index (χ0v) is 11.0. The van der Waals surface area contributed by atoms with Crippen LogP contribution in [0.5, 0.6) is 11.8 Å². The van der Waals surface area contributed by atoms with Crippen LogP contribution in [0.3, 0.4) is 0 Å². The molecule has 96 valence electrons. The van der Waals surface area contributed by atoms with E-state index in [0.717, 1.165) is 16.6 Å². The number of nitrogens with zero attached hydrogens (tertiary/aromatic N) is 1. The van der Waals surface area contributed by atoms with Crippen LogP contribution in [0.1, 0.15) is 5.56 Å². The van der Waals surface area contributed by atoms with Gasteiger partial charge in [-0.05, 0) is 42.8 Å². The standard InChI is InChI=1S/C14H12ClN3O/c1-8-2-4-10(15)13(6-8)19-14-17-11-5-3-9(16)7-12(11)18-14/h2-7H,16H2,1H3,(H,17,18). The normalized spacial score (nSPS) is 10.8. The van der Waals surface area contributed by atoms with Crippen molar-refractivity contribution in [3.63, 3.8) is 0 Å². The van der Waals surface area contributed by atoms with Gasteiger partial charge in [0, 0.05) is 5.69 Å². The summed E-state index contributed by atoms with van der Waals surface area (Å²) in [6.45, 7) is 1.97. The Labute approximate surface area is 115 Å². The first kappa shape index (κ1) is 11.9. The van der Waals surface area contributed by atoms with Crippen LogP contribution in [0.25, 0.3) is 11.0 Å². The highest BCUT2D eigenvalue weighted by atomic mass is 35.5. The highest BCUT2D eigenvalue weighted by Crippen LogP contribution is 2.30. The second-order valence-corrected chi connectivity index (χ2v) is 4.76. The van der Waals surface area contributed by atoms with E-state index in [-0.39, 0.29) is 0 Å². The zero-order valence-electron chi connectivity index (χ0n) is 10.3.